The largest absolute Gasteiger partial charge is 0.341 e. The third-order valence-corrected chi connectivity index (χ3v) is 4.79. The minimum absolute atomic E-state index is 0.807. The van der Waals surface area contributed by atoms with Gasteiger partial charge in [-0.3, -0.25) is 0 Å². The highest BCUT2D eigenvalue weighted by molar-refractivity contribution is 6.08. The van der Waals surface area contributed by atoms with Crippen LogP contribution in [0.3, 0.4) is 0 Å². The zero-order valence-corrected chi connectivity index (χ0v) is 14.4. The lowest BCUT2D eigenvalue weighted by atomic mass is 10.1. The van der Waals surface area contributed by atoms with E-state index in [1.807, 2.05) is 22.9 Å². The van der Waals surface area contributed by atoms with E-state index in [1.165, 1.54) is 21.8 Å². The highest BCUT2D eigenvalue weighted by Gasteiger charge is 2.13. The first-order valence-electron chi connectivity index (χ1n) is 8.70. The van der Waals surface area contributed by atoms with Crippen LogP contribution in [0.15, 0.2) is 73.1 Å². The van der Waals surface area contributed by atoms with Gasteiger partial charge in [0.15, 0.2) is 0 Å². The molecule has 0 amide bonds. The van der Waals surface area contributed by atoms with Crippen molar-refractivity contribution in [2.24, 2.45) is 0 Å². The predicted molar refractivity (Wildman–Crippen MR) is 103 cm³/mol. The summed E-state index contributed by atoms with van der Waals surface area (Å²) in [6.07, 6.45) is 3.47. The highest BCUT2D eigenvalue weighted by atomic mass is 15.3. The number of benzene rings is 2. The fourth-order valence-electron chi connectivity index (χ4n) is 3.66. The number of nitrogens with zero attached hydrogens (tertiary/aromatic N) is 5. The lowest BCUT2D eigenvalue weighted by Gasteiger charge is -2.08. The Morgan fingerprint density at radius 1 is 0.846 bits per heavy atom. The van der Waals surface area contributed by atoms with E-state index in [4.69, 9.17) is 0 Å². The lowest BCUT2D eigenvalue weighted by Crippen LogP contribution is -2.00. The van der Waals surface area contributed by atoms with Gasteiger partial charge in [-0.05, 0) is 49.4 Å². The van der Waals surface area contributed by atoms with Gasteiger partial charge in [-0.2, -0.15) is 10.2 Å². The second kappa shape index (κ2) is 5.81. The summed E-state index contributed by atoms with van der Waals surface area (Å²) in [5, 5.41) is 15.2. The Balaban J connectivity index is 1.75. The number of fused-ring (bicyclic) bond motifs is 3. The minimum Gasteiger partial charge on any atom is -0.341 e. The number of hydrogen-bond acceptors (Lipinski definition) is 3. The molecule has 26 heavy (non-hydrogen) atoms. The van der Waals surface area contributed by atoms with Crippen molar-refractivity contribution >= 4 is 21.8 Å². The monoisotopic (exact) mass is 339 g/mol. The predicted octanol–water partition coefficient (Wildman–Crippen LogP) is 4.46. The van der Waals surface area contributed by atoms with Crippen molar-refractivity contribution in [3.05, 3.63) is 73.1 Å². The van der Waals surface area contributed by atoms with Crippen molar-refractivity contribution < 1.29 is 0 Å². The molecule has 2 aromatic carbocycles. The van der Waals surface area contributed by atoms with Crippen molar-refractivity contribution in [1.29, 1.82) is 0 Å². The topological polar surface area (TPSA) is 48.5 Å². The van der Waals surface area contributed by atoms with Crippen LogP contribution in [0.2, 0.25) is 0 Å². The molecule has 0 spiro atoms. The number of rotatable bonds is 3. The highest BCUT2D eigenvalue weighted by Crippen LogP contribution is 2.31. The lowest BCUT2D eigenvalue weighted by molar-refractivity contribution is 0.826. The van der Waals surface area contributed by atoms with Gasteiger partial charge in [0.05, 0.1) is 17.6 Å². The van der Waals surface area contributed by atoms with E-state index in [0.717, 1.165) is 23.6 Å². The van der Waals surface area contributed by atoms with E-state index in [2.05, 4.69) is 69.3 Å². The number of aromatic nitrogens is 5. The van der Waals surface area contributed by atoms with E-state index in [9.17, 15) is 0 Å². The molecule has 0 saturated heterocycles. The molecule has 0 fully saturated rings. The molecule has 3 aromatic heterocycles. The number of aryl methyl sites for hydroxylation is 1. The summed E-state index contributed by atoms with van der Waals surface area (Å²) < 4.78 is 4.27. The molecule has 3 heterocycles. The normalized spacial score (nSPS) is 11.4. The van der Waals surface area contributed by atoms with Crippen LogP contribution in [0, 0.1) is 0 Å². The molecule has 5 nitrogen and oxygen atoms in total. The summed E-state index contributed by atoms with van der Waals surface area (Å²) in [6, 6.07) is 20.8. The van der Waals surface area contributed by atoms with E-state index in [0.29, 0.717) is 0 Å². The number of para-hydroxylation sites is 1. The first kappa shape index (κ1) is 14.8. The number of hydrogen-bond donors (Lipinski definition) is 0. The second-order valence-corrected chi connectivity index (χ2v) is 6.20. The van der Waals surface area contributed by atoms with Crippen molar-refractivity contribution in [3.63, 3.8) is 0 Å². The summed E-state index contributed by atoms with van der Waals surface area (Å²) >= 11 is 0. The molecule has 0 N–H and O–H groups in total. The molecule has 0 aliphatic rings. The Hall–Kier alpha value is -3.47. The smallest absolute Gasteiger partial charge is 0.111 e. The molecular formula is C21H17N5. The molecule has 0 atom stereocenters. The summed E-state index contributed by atoms with van der Waals surface area (Å²) in [6.45, 7) is 3.12. The SMILES string of the molecule is CCn1c2ccccc2c2cc(-n3nccc3-c3cccnn3)ccc21. The average Bonchev–Trinajstić information content (AvgIpc) is 3.31. The zero-order valence-electron chi connectivity index (χ0n) is 14.4. The molecule has 5 aromatic rings. The quantitative estimate of drug-likeness (QED) is 0.488. The van der Waals surface area contributed by atoms with Crippen molar-refractivity contribution in [3.8, 4) is 17.1 Å². The molecule has 5 heteroatoms. The minimum atomic E-state index is 0.807. The maximum Gasteiger partial charge on any atom is 0.111 e. The fraction of sp³-hybridized carbons (Fsp3) is 0.0952. The van der Waals surface area contributed by atoms with Gasteiger partial charge in [-0.25, -0.2) is 4.68 Å². The molecule has 0 bridgehead atoms. The van der Waals surface area contributed by atoms with Gasteiger partial charge in [0.2, 0.25) is 0 Å². The standard InChI is InChI=1S/C21H17N5/c1-2-25-19-8-4-3-6-16(19)17-14-15(9-10-20(17)25)26-21(11-13-23-26)18-7-5-12-22-24-18/h3-14H,2H2,1H3. The third kappa shape index (κ3) is 2.14. The van der Waals surface area contributed by atoms with E-state index >= 15 is 0 Å². The Morgan fingerprint density at radius 3 is 2.58 bits per heavy atom. The average molecular weight is 339 g/mol. The molecular weight excluding hydrogens is 322 g/mol. The van der Waals surface area contributed by atoms with E-state index in [-0.39, 0.29) is 0 Å². The van der Waals surface area contributed by atoms with Crippen LogP contribution in [0.25, 0.3) is 38.9 Å². The first-order valence-corrected chi connectivity index (χ1v) is 8.70. The van der Waals surface area contributed by atoms with Gasteiger partial charge in [0, 0.05) is 34.5 Å². The van der Waals surface area contributed by atoms with E-state index < -0.39 is 0 Å². The molecule has 0 aliphatic carbocycles. The van der Waals surface area contributed by atoms with Gasteiger partial charge >= 0.3 is 0 Å². The van der Waals surface area contributed by atoms with Crippen molar-refractivity contribution in [2.75, 3.05) is 0 Å². The first-order chi connectivity index (χ1) is 12.9. The Labute approximate surface area is 150 Å². The Morgan fingerprint density at radius 2 is 1.73 bits per heavy atom. The van der Waals surface area contributed by atoms with Crippen LogP contribution in [0.4, 0.5) is 0 Å². The molecule has 5 rings (SSSR count). The van der Waals surface area contributed by atoms with Crippen molar-refractivity contribution in [2.45, 2.75) is 13.5 Å². The van der Waals surface area contributed by atoms with Crippen LogP contribution >= 0.6 is 0 Å². The third-order valence-electron chi connectivity index (χ3n) is 4.79. The maximum atomic E-state index is 4.52. The molecule has 0 aliphatic heterocycles. The molecule has 0 unspecified atom stereocenters. The summed E-state index contributed by atoms with van der Waals surface area (Å²) in [5.74, 6) is 0. The van der Waals surface area contributed by atoms with Gasteiger partial charge in [0.1, 0.15) is 5.69 Å². The molecule has 0 radical (unpaired) electrons. The summed E-state index contributed by atoms with van der Waals surface area (Å²) in [5.41, 5.74) is 5.25. The van der Waals surface area contributed by atoms with Crippen molar-refractivity contribution in [1.82, 2.24) is 24.5 Å². The molecule has 126 valence electrons. The second-order valence-electron chi connectivity index (χ2n) is 6.20. The van der Waals surface area contributed by atoms with Gasteiger partial charge in [-0.15, -0.1) is 5.10 Å². The van der Waals surface area contributed by atoms with Crippen LogP contribution < -0.4 is 0 Å². The fourth-order valence-corrected chi connectivity index (χ4v) is 3.66. The maximum absolute atomic E-state index is 4.52. The summed E-state index contributed by atoms with van der Waals surface area (Å²) in [4.78, 5) is 0. The van der Waals surface area contributed by atoms with Crippen LogP contribution in [-0.2, 0) is 6.54 Å². The zero-order chi connectivity index (χ0) is 17.5. The van der Waals surface area contributed by atoms with E-state index in [1.54, 1.807) is 12.4 Å². The van der Waals surface area contributed by atoms with Gasteiger partial charge < -0.3 is 4.57 Å². The molecule has 0 saturated carbocycles. The van der Waals surface area contributed by atoms with Crippen LogP contribution in [0.1, 0.15) is 6.92 Å². The van der Waals surface area contributed by atoms with Gasteiger partial charge in [-0.1, -0.05) is 18.2 Å². The van der Waals surface area contributed by atoms with Gasteiger partial charge in [0.25, 0.3) is 0 Å². The Kier molecular flexibility index (Phi) is 3.31. The van der Waals surface area contributed by atoms with Crippen LogP contribution in [-0.4, -0.2) is 24.5 Å². The summed E-state index contributed by atoms with van der Waals surface area (Å²) in [7, 11) is 0. The Bertz CT molecular complexity index is 1220. The van der Waals surface area contributed by atoms with Crippen LogP contribution in [0.5, 0.6) is 0 Å².